The molecule has 0 aliphatic rings. The molecule has 0 amide bonds. The molecular formula is C12H15O4P. The first-order chi connectivity index (χ1) is 7.97. The van der Waals surface area contributed by atoms with E-state index in [0.717, 1.165) is 0 Å². The summed E-state index contributed by atoms with van der Waals surface area (Å²) in [7, 11) is -3.58. The summed E-state index contributed by atoms with van der Waals surface area (Å²) in [5.41, 5.74) is 0.0153. The molecule has 92 valence electrons. The van der Waals surface area contributed by atoms with Gasteiger partial charge in [-0.25, -0.2) is 4.79 Å². The zero-order valence-corrected chi connectivity index (χ0v) is 10.5. The molecule has 0 aliphatic carbocycles. The first-order valence-electron chi connectivity index (χ1n) is 5.19. The molecule has 1 aromatic rings. The Morgan fingerprint density at radius 3 is 2.53 bits per heavy atom. The van der Waals surface area contributed by atoms with E-state index in [9.17, 15) is 14.3 Å². The molecule has 4 nitrogen and oxygen atoms in total. The molecule has 0 saturated carbocycles. The van der Waals surface area contributed by atoms with Crippen LogP contribution in [0.25, 0.3) is 0 Å². The van der Waals surface area contributed by atoms with E-state index >= 15 is 0 Å². The predicted molar refractivity (Wildman–Crippen MR) is 66.5 cm³/mol. The highest BCUT2D eigenvalue weighted by molar-refractivity contribution is 7.66. The molecule has 0 saturated heterocycles. The molecular weight excluding hydrogens is 239 g/mol. The maximum Gasteiger partial charge on any atom is 0.333 e. The van der Waals surface area contributed by atoms with Gasteiger partial charge in [-0.1, -0.05) is 24.8 Å². The van der Waals surface area contributed by atoms with Crippen LogP contribution in [-0.4, -0.2) is 23.6 Å². The highest BCUT2D eigenvalue weighted by atomic mass is 31.2. The van der Waals surface area contributed by atoms with Crippen LogP contribution in [0.15, 0.2) is 42.5 Å². The van der Waals surface area contributed by atoms with E-state index < -0.39 is 13.3 Å². The lowest BCUT2D eigenvalue weighted by Gasteiger charge is -2.12. The van der Waals surface area contributed by atoms with Crippen molar-refractivity contribution in [3.05, 3.63) is 42.5 Å². The van der Waals surface area contributed by atoms with E-state index in [1.807, 2.05) is 0 Å². The number of benzene rings is 1. The summed E-state index contributed by atoms with van der Waals surface area (Å²) >= 11 is 0. The molecule has 0 aromatic heterocycles. The fraction of sp³-hybridized carbons (Fsp3) is 0.250. The third kappa shape index (κ3) is 3.84. The van der Waals surface area contributed by atoms with Crippen molar-refractivity contribution in [3.63, 3.8) is 0 Å². The Morgan fingerprint density at radius 1 is 1.41 bits per heavy atom. The van der Waals surface area contributed by atoms with E-state index in [-0.39, 0.29) is 18.3 Å². The molecule has 0 fully saturated rings. The predicted octanol–water partition coefficient (Wildman–Crippen LogP) is 1.70. The minimum Gasteiger partial charge on any atom is -0.463 e. The number of carbonyl (C=O) groups is 1. The molecule has 1 aromatic carbocycles. The fourth-order valence-corrected chi connectivity index (χ4v) is 2.78. The number of esters is 1. The average Bonchev–Trinajstić information content (AvgIpc) is 2.30. The summed E-state index contributed by atoms with van der Waals surface area (Å²) in [4.78, 5) is 21.2. The van der Waals surface area contributed by atoms with Gasteiger partial charge < -0.3 is 9.63 Å². The second-order valence-electron chi connectivity index (χ2n) is 3.52. The maximum absolute atomic E-state index is 12.0. The molecule has 1 unspecified atom stereocenters. The Kier molecular flexibility index (Phi) is 4.67. The van der Waals surface area contributed by atoms with Crippen molar-refractivity contribution in [2.75, 3.05) is 12.8 Å². The zero-order chi connectivity index (χ0) is 12.9. The molecule has 0 spiro atoms. The van der Waals surface area contributed by atoms with Crippen LogP contribution in [0.1, 0.15) is 6.92 Å². The Bertz CT molecular complexity index is 453. The molecule has 17 heavy (non-hydrogen) atoms. The average molecular weight is 254 g/mol. The Balaban J connectivity index is 2.78. The van der Waals surface area contributed by atoms with Gasteiger partial charge in [0.2, 0.25) is 7.37 Å². The Labute approximate surface area is 100 Å². The van der Waals surface area contributed by atoms with Crippen molar-refractivity contribution in [1.82, 2.24) is 0 Å². The van der Waals surface area contributed by atoms with E-state index in [2.05, 4.69) is 6.58 Å². The van der Waals surface area contributed by atoms with Gasteiger partial charge in [-0.2, -0.15) is 0 Å². The van der Waals surface area contributed by atoms with Crippen LogP contribution < -0.4 is 5.30 Å². The van der Waals surface area contributed by atoms with Gasteiger partial charge in [0.1, 0.15) is 0 Å². The first kappa shape index (κ1) is 13.7. The summed E-state index contributed by atoms with van der Waals surface area (Å²) in [6.07, 6.45) is -0.282. The van der Waals surface area contributed by atoms with E-state index in [1.165, 1.54) is 0 Å². The van der Waals surface area contributed by atoms with Gasteiger partial charge in [0.15, 0.2) is 0 Å². The third-order valence-corrected chi connectivity index (χ3v) is 4.04. The first-order valence-corrected chi connectivity index (χ1v) is 7.04. The van der Waals surface area contributed by atoms with Gasteiger partial charge in [-0.15, -0.1) is 0 Å². The van der Waals surface area contributed by atoms with Gasteiger partial charge >= 0.3 is 5.97 Å². The maximum atomic E-state index is 12.0. The monoisotopic (exact) mass is 254 g/mol. The van der Waals surface area contributed by atoms with Gasteiger partial charge in [0.05, 0.1) is 12.8 Å². The van der Waals surface area contributed by atoms with Crippen molar-refractivity contribution in [1.29, 1.82) is 0 Å². The fourth-order valence-electron chi connectivity index (χ4n) is 1.31. The summed E-state index contributed by atoms with van der Waals surface area (Å²) in [5, 5.41) is 0.311. The lowest BCUT2D eigenvalue weighted by Crippen LogP contribution is -2.14. The van der Waals surface area contributed by atoms with Gasteiger partial charge in [-0.3, -0.25) is 4.57 Å². The van der Waals surface area contributed by atoms with Crippen molar-refractivity contribution >= 4 is 18.6 Å². The number of hydrogen-bond acceptors (Lipinski definition) is 3. The Hall–Kier alpha value is -1.38. The topological polar surface area (TPSA) is 63.6 Å². The molecule has 0 radical (unpaired) electrons. The van der Waals surface area contributed by atoms with Crippen molar-refractivity contribution in [2.24, 2.45) is 0 Å². The quantitative estimate of drug-likeness (QED) is 0.493. The van der Waals surface area contributed by atoms with Gasteiger partial charge in [0.25, 0.3) is 0 Å². The highest BCUT2D eigenvalue weighted by Crippen LogP contribution is 2.40. The number of ether oxygens (including phenoxy) is 1. The standard InChI is InChI=1S/C12H15O4P/c1-3-16-12(13)10(2)9-17(14,15)11-7-5-4-6-8-11/h4-8H,2-3,9H2,1H3,(H,14,15). The molecule has 0 heterocycles. The Morgan fingerprint density at radius 2 is 2.00 bits per heavy atom. The zero-order valence-electron chi connectivity index (χ0n) is 9.63. The van der Waals surface area contributed by atoms with E-state index in [0.29, 0.717) is 5.30 Å². The molecule has 1 N–H and O–H groups in total. The summed E-state index contributed by atoms with van der Waals surface area (Å²) in [6, 6.07) is 8.21. The molecule has 1 atom stereocenters. The smallest absolute Gasteiger partial charge is 0.333 e. The van der Waals surface area contributed by atoms with Crippen molar-refractivity contribution < 1.29 is 19.0 Å². The number of carbonyl (C=O) groups excluding carboxylic acids is 1. The molecule has 0 aliphatic heterocycles. The van der Waals surface area contributed by atoms with Crippen molar-refractivity contribution in [2.45, 2.75) is 6.92 Å². The number of hydrogen-bond donors (Lipinski definition) is 1. The van der Waals surface area contributed by atoms with Crippen LogP contribution in [0.5, 0.6) is 0 Å². The largest absolute Gasteiger partial charge is 0.463 e. The SMILES string of the molecule is C=C(CP(=O)(O)c1ccccc1)C(=O)OCC. The highest BCUT2D eigenvalue weighted by Gasteiger charge is 2.25. The summed E-state index contributed by atoms with van der Waals surface area (Å²) < 4.78 is 16.7. The van der Waals surface area contributed by atoms with Crippen LogP contribution in [0.2, 0.25) is 0 Å². The lowest BCUT2D eigenvalue weighted by molar-refractivity contribution is -0.138. The minimum atomic E-state index is -3.58. The molecule has 0 bridgehead atoms. The third-order valence-electron chi connectivity index (χ3n) is 2.13. The van der Waals surface area contributed by atoms with Gasteiger partial charge in [0, 0.05) is 10.9 Å². The number of rotatable bonds is 5. The second kappa shape index (κ2) is 5.80. The summed E-state index contributed by atoms with van der Waals surface area (Å²) in [6.45, 7) is 5.37. The van der Waals surface area contributed by atoms with Gasteiger partial charge in [-0.05, 0) is 19.1 Å². The van der Waals surface area contributed by atoms with E-state index in [1.54, 1.807) is 37.3 Å². The van der Waals surface area contributed by atoms with Crippen LogP contribution in [0, 0.1) is 0 Å². The minimum absolute atomic E-state index is 0.0153. The molecule has 5 heteroatoms. The van der Waals surface area contributed by atoms with Crippen LogP contribution in [-0.2, 0) is 14.1 Å². The second-order valence-corrected chi connectivity index (χ2v) is 5.76. The van der Waals surface area contributed by atoms with E-state index in [4.69, 9.17) is 4.74 Å². The molecule has 1 rings (SSSR count). The summed E-state index contributed by atoms with van der Waals surface area (Å²) in [5.74, 6) is -0.627. The van der Waals surface area contributed by atoms with Crippen LogP contribution in [0.4, 0.5) is 0 Å². The van der Waals surface area contributed by atoms with Crippen molar-refractivity contribution in [3.8, 4) is 0 Å². The van der Waals surface area contributed by atoms with Crippen LogP contribution in [0.3, 0.4) is 0 Å². The van der Waals surface area contributed by atoms with Crippen LogP contribution >= 0.6 is 7.37 Å². The normalized spacial score (nSPS) is 13.8. The lowest BCUT2D eigenvalue weighted by atomic mass is 10.3.